The van der Waals surface area contributed by atoms with Crippen LogP contribution < -0.4 is 14.2 Å². The lowest BCUT2D eigenvalue weighted by atomic mass is 9.84. The van der Waals surface area contributed by atoms with Gasteiger partial charge >= 0.3 is 0 Å². The number of fused-ring (bicyclic) bond motifs is 3. The molecular weight excluding hydrogens is 282 g/mol. The molecule has 0 aliphatic carbocycles. The van der Waals surface area contributed by atoms with Crippen molar-refractivity contribution in [3.63, 3.8) is 0 Å². The molecule has 3 aliphatic heterocycles. The molecule has 3 heterocycles. The third-order valence-corrected chi connectivity index (χ3v) is 4.49. The van der Waals surface area contributed by atoms with Crippen LogP contribution in [0.3, 0.4) is 0 Å². The maximum atomic E-state index is 12.5. The zero-order valence-electron chi connectivity index (χ0n) is 13.2. The van der Waals surface area contributed by atoms with Gasteiger partial charge in [0.15, 0.2) is 17.3 Å². The Kier molecular flexibility index (Phi) is 3.96. The van der Waals surface area contributed by atoms with Gasteiger partial charge < -0.3 is 19.1 Å². The number of rotatable bonds is 4. The Hall–Kier alpha value is -2.17. The molecule has 3 saturated heterocycles. The highest BCUT2D eigenvalue weighted by molar-refractivity contribution is 6.02. The molecule has 2 bridgehead atoms. The number of carbonyl (C=O) groups is 1. The van der Waals surface area contributed by atoms with E-state index in [1.807, 2.05) is 12.1 Å². The van der Waals surface area contributed by atoms with Crippen LogP contribution in [-0.4, -0.2) is 45.1 Å². The lowest BCUT2D eigenvalue weighted by Gasteiger charge is -2.41. The number of Topliss-reactive ketones (excluding diaryl/α,β-unsaturated/α-hetero) is 1. The van der Waals surface area contributed by atoms with Crippen molar-refractivity contribution in [3.8, 4) is 17.2 Å². The molecule has 5 heteroatoms. The van der Waals surface area contributed by atoms with Gasteiger partial charge in [0, 0.05) is 30.6 Å². The number of nitrogens with zero attached hydrogens (tertiary/aromatic N) is 1. The van der Waals surface area contributed by atoms with E-state index in [-0.39, 0.29) is 11.7 Å². The summed E-state index contributed by atoms with van der Waals surface area (Å²) >= 11 is 0. The average molecular weight is 303 g/mol. The van der Waals surface area contributed by atoms with E-state index in [4.69, 9.17) is 14.2 Å². The Morgan fingerprint density at radius 2 is 1.59 bits per heavy atom. The number of piperidine rings is 3. The first kappa shape index (κ1) is 14.8. The fourth-order valence-corrected chi connectivity index (χ4v) is 3.22. The summed E-state index contributed by atoms with van der Waals surface area (Å²) < 4.78 is 16.1. The van der Waals surface area contributed by atoms with E-state index in [1.54, 1.807) is 27.4 Å². The van der Waals surface area contributed by atoms with Gasteiger partial charge in [-0.1, -0.05) is 0 Å². The van der Waals surface area contributed by atoms with Gasteiger partial charge in [-0.2, -0.15) is 0 Å². The lowest BCUT2D eigenvalue weighted by Crippen LogP contribution is -2.45. The van der Waals surface area contributed by atoms with Crippen LogP contribution in [0.2, 0.25) is 0 Å². The van der Waals surface area contributed by atoms with E-state index >= 15 is 0 Å². The highest BCUT2D eigenvalue weighted by atomic mass is 16.5. The summed E-state index contributed by atoms with van der Waals surface area (Å²) in [7, 11) is 4.79. The maximum Gasteiger partial charge on any atom is 0.182 e. The molecule has 3 aliphatic rings. The summed E-state index contributed by atoms with van der Waals surface area (Å²) in [4.78, 5) is 14.6. The highest BCUT2D eigenvalue weighted by Gasteiger charge is 2.36. The molecule has 118 valence electrons. The fraction of sp³-hybridized carbons (Fsp3) is 0.471. The zero-order chi connectivity index (χ0) is 15.7. The van der Waals surface area contributed by atoms with Gasteiger partial charge in [0.05, 0.1) is 27.0 Å². The smallest absolute Gasteiger partial charge is 0.182 e. The Balaban J connectivity index is 2.04. The van der Waals surface area contributed by atoms with E-state index < -0.39 is 0 Å². The molecule has 4 rings (SSSR count). The topological polar surface area (TPSA) is 48.0 Å². The Morgan fingerprint density at radius 1 is 1.00 bits per heavy atom. The van der Waals surface area contributed by atoms with Crippen molar-refractivity contribution in [1.29, 1.82) is 0 Å². The van der Waals surface area contributed by atoms with Crippen LogP contribution in [0, 0.1) is 5.92 Å². The molecule has 0 aromatic heterocycles. The second-order valence-electron chi connectivity index (χ2n) is 5.60. The molecule has 0 atom stereocenters. The third kappa shape index (κ3) is 2.40. The monoisotopic (exact) mass is 303 g/mol. The summed E-state index contributed by atoms with van der Waals surface area (Å²) in [5.41, 5.74) is 1.61. The normalized spacial score (nSPS) is 19.7. The molecule has 0 unspecified atom stereocenters. The molecule has 0 radical (unpaired) electrons. The third-order valence-electron chi connectivity index (χ3n) is 4.49. The van der Waals surface area contributed by atoms with Gasteiger partial charge in [-0.15, -0.1) is 0 Å². The molecule has 22 heavy (non-hydrogen) atoms. The largest absolute Gasteiger partial charge is 0.496 e. The van der Waals surface area contributed by atoms with Crippen LogP contribution in [0.1, 0.15) is 18.4 Å². The molecule has 0 spiro atoms. The van der Waals surface area contributed by atoms with Gasteiger partial charge in [0.1, 0.15) is 5.75 Å². The molecule has 0 N–H and O–H groups in total. The van der Waals surface area contributed by atoms with Crippen molar-refractivity contribution in [1.82, 2.24) is 4.90 Å². The Bertz CT molecular complexity index is 615. The van der Waals surface area contributed by atoms with Gasteiger partial charge in [-0.05, 0) is 25.0 Å². The standard InChI is InChI=1S/C17H21NO4/c1-20-14-10-16(22-3)15(21-2)9-12(14)8-13-17(19)11-4-6-18(13)7-5-11/h8-11H,4-7H2,1-3H3. The van der Waals surface area contributed by atoms with E-state index in [0.717, 1.165) is 37.2 Å². The first-order chi connectivity index (χ1) is 10.7. The van der Waals surface area contributed by atoms with Crippen LogP contribution >= 0.6 is 0 Å². The predicted octanol–water partition coefficient (Wildman–Crippen LogP) is 2.35. The maximum absolute atomic E-state index is 12.5. The lowest BCUT2D eigenvalue weighted by molar-refractivity contribution is -0.125. The molecule has 1 aromatic carbocycles. The quantitative estimate of drug-likeness (QED) is 0.799. The summed E-state index contributed by atoms with van der Waals surface area (Å²) in [5, 5.41) is 0. The molecule has 1 aromatic rings. The number of ether oxygens (including phenoxy) is 3. The van der Waals surface area contributed by atoms with Gasteiger partial charge in [-0.25, -0.2) is 0 Å². The number of carbonyl (C=O) groups excluding carboxylic acids is 1. The Labute approximate surface area is 130 Å². The highest BCUT2D eigenvalue weighted by Crippen LogP contribution is 2.38. The van der Waals surface area contributed by atoms with E-state index in [0.29, 0.717) is 17.2 Å². The molecule has 0 saturated carbocycles. The Morgan fingerprint density at radius 3 is 2.14 bits per heavy atom. The van der Waals surface area contributed by atoms with E-state index in [9.17, 15) is 4.79 Å². The van der Waals surface area contributed by atoms with E-state index in [2.05, 4.69) is 4.90 Å². The predicted molar refractivity (Wildman–Crippen MR) is 83.4 cm³/mol. The van der Waals surface area contributed by atoms with E-state index in [1.165, 1.54) is 0 Å². The summed E-state index contributed by atoms with van der Waals surface area (Å²) in [6.45, 7) is 1.91. The first-order valence-corrected chi connectivity index (χ1v) is 7.48. The van der Waals surface area contributed by atoms with Crippen molar-refractivity contribution < 1.29 is 19.0 Å². The zero-order valence-corrected chi connectivity index (χ0v) is 13.2. The molecule has 5 nitrogen and oxygen atoms in total. The van der Waals surface area contributed by atoms with Gasteiger partial charge in [0.2, 0.25) is 0 Å². The van der Waals surface area contributed by atoms with Crippen LogP contribution in [0.25, 0.3) is 6.08 Å². The molecule has 3 fully saturated rings. The average Bonchev–Trinajstić information content (AvgIpc) is 2.57. The summed E-state index contributed by atoms with van der Waals surface area (Å²) in [6, 6.07) is 3.63. The minimum atomic E-state index is 0.183. The second-order valence-corrected chi connectivity index (χ2v) is 5.60. The minimum Gasteiger partial charge on any atom is -0.496 e. The van der Waals surface area contributed by atoms with Crippen molar-refractivity contribution in [2.75, 3.05) is 34.4 Å². The number of allylic oxidation sites excluding steroid dienone is 1. The number of ketones is 1. The van der Waals surface area contributed by atoms with Crippen molar-refractivity contribution in [2.24, 2.45) is 5.92 Å². The van der Waals surface area contributed by atoms with Gasteiger partial charge in [0.25, 0.3) is 0 Å². The summed E-state index contributed by atoms with van der Waals surface area (Å²) in [6.07, 6.45) is 3.85. The molecular formula is C17H21NO4. The molecule has 0 amide bonds. The van der Waals surface area contributed by atoms with Crippen LogP contribution in [0.5, 0.6) is 17.2 Å². The number of hydrogen-bond acceptors (Lipinski definition) is 5. The van der Waals surface area contributed by atoms with Crippen molar-refractivity contribution >= 4 is 11.9 Å². The fourth-order valence-electron chi connectivity index (χ4n) is 3.22. The first-order valence-electron chi connectivity index (χ1n) is 7.48. The SMILES string of the molecule is COc1cc(OC)c(OC)cc1C=C1C(=O)C2CCN1CC2. The van der Waals surface area contributed by atoms with Crippen LogP contribution in [-0.2, 0) is 4.79 Å². The number of methoxy groups -OCH3 is 3. The summed E-state index contributed by atoms with van der Waals surface area (Å²) in [5.74, 6) is 2.33. The minimum absolute atomic E-state index is 0.183. The number of benzene rings is 1. The number of hydrogen-bond donors (Lipinski definition) is 0. The van der Waals surface area contributed by atoms with Crippen molar-refractivity contribution in [2.45, 2.75) is 12.8 Å². The van der Waals surface area contributed by atoms with Crippen molar-refractivity contribution in [3.05, 3.63) is 23.4 Å². The van der Waals surface area contributed by atoms with Crippen LogP contribution in [0.15, 0.2) is 17.8 Å². The van der Waals surface area contributed by atoms with Crippen LogP contribution in [0.4, 0.5) is 0 Å². The van der Waals surface area contributed by atoms with Gasteiger partial charge in [-0.3, -0.25) is 4.79 Å². The second kappa shape index (κ2) is 5.91.